The molecule has 8 heteroatoms. The maximum atomic E-state index is 12.1. The molecule has 24 heavy (non-hydrogen) atoms. The lowest BCUT2D eigenvalue weighted by Crippen LogP contribution is -2.24. The van der Waals surface area contributed by atoms with Crippen LogP contribution in [0.5, 0.6) is 0 Å². The fourth-order valence-corrected chi connectivity index (χ4v) is 3.18. The molecule has 0 amide bonds. The van der Waals surface area contributed by atoms with Crippen LogP contribution in [-0.4, -0.2) is 19.9 Å². The van der Waals surface area contributed by atoms with Gasteiger partial charge in [-0.3, -0.25) is 10.1 Å². The number of benzene rings is 2. The van der Waals surface area contributed by atoms with E-state index in [0.29, 0.717) is 11.4 Å². The normalized spacial score (nSPS) is 11.7. The minimum Gasteiger partial charge on any atom is -0.258 e. The van der Waals surface area contributed by atoms with Gasteiger partial charge in [-0.15, -0.1) is 0 Å². The molecule has 2 aromatic rings. The summed E-state index contributed by atoms with van der Waals surface area (Å²) < 4.78 is 26.6. The number of nitro benzene ring substituents is 1. The van der Waals surface area contributed by atoms with Crippen molar-refractivity contribution in [3.8, 4) is 0 Å². The Hall–Kier alpha value is -2.22. The molecule has 0 bridgehead atoms. The van der Waals surface area contributed by atoms with Gasteiger partial charge in [-0.2, -0.15) is 0 Å². The molecule has 2 aromatic carbocycles. The second-order valence-electron chi connectivity index (χ2n) is 4.89. The summed E-state index contributed by atoms with van der Waals surface area (Å²) in [7, 11) is -3.68. The number of nitrogens with zero attached hydrogens (tertiary/aromatic N) is 1. The Morgan fingerprint density at radius 3 is 2.50 bits per heavy atom. The van der Waals surface area contributed by atoms with E-state index in [1.165, 1.54) is 12.1 Å². The van der Waals surface area contributed by atoms with Crippen molar-refractivity contribution in [2.45, 2.75) is 11.3 Å². The van der Waals surface area contributed by atoms with Gasteiger partial charge in [0.15, 0.2) is 0 Å². The molecule has 0 radical (unpaired) electrons. The van der Waals surface area contributed by atoms with Crippen molar-refractivity contribution in [3.63, 3.8) is 0 Å². The summed E-state index contributed by atoms with van der Waals surface area (Å²) >= 11 is 5.88. The van der Waals surface area contributed by atoms with Gasteiger partial charge < -0.3 is 0 Å². The van der Waals surface area contributed by atoms with E-state index in [2.05, 4.69) is 4.72 Å². The minimum absolute atomic E-state index is 0.00748. The first kappa shape index (κ1) is 18.1. The van der Waals surface area contributed by atoms with Gasteiger partial charge >= 0.3 is 0 Å². The molecule has 0 unspecified atom stereocenters. The summed E-state index contributed by atoms with van der Waals surface area (Å²) in [4.78, 5) is 9.98. The molecular weight excluding hydrogens is 352 g/mol. The summed E-state index contributed by atoms with van der Waals surface area (Å²) in [5.41, 5.74) is 0.777. The highest BCUT2D eigenvalue weighted by molar-refractivity contribution is 7.89. The Balaban J connectivity index is 1.89. The predicted molar refractivity (Wildman–Crippen MR) is 93.4 cm³/mol. The SMILES string of the molecule is O=[N+]([O-])c1ccc(S(=O)(=O)NCC/C=C/c2cccc(Cl)c2)cc1. The molecule has 0 heterocycles. The zero-order valence-corrected chi connectivity index (χ0v) is 14.1. The molecule has 6 nitrogen and oxygen atoms in total. The highest BCUT2D eigenvalue weighted by atomic mass is 35.5. The molecule has 126 valence electrons. The van der Waals surface area contributed by atoms with Crippen LogP contribution in [0.25, 0.3) is 6.08 Å². The molecule has 0 aliphatic rings. The quantitative estimate of drug-likeness (QED) is 0.460. The lowest BCUT2D eigenvalue weighted by atomic mass is 10.2. The van der Waals surface area contributed by atoms with E-state index in [1.807, 2.05) is 24.3 Å². The largest absolute Gasteiger partial charge is 0.269 e. The monoisotopic (exact) mass is 366 g/mol. The van der Waals surface area contributed by atoms with E-state index < -0.39 is 14.9 Å². The average Bonchev–Trinajstić information content (AvgIpc) is 2.54. The van der Waals surface area contributed by atoms with Crippen LogP contribution in [0.3, 0.4) is 0 Å². The van der Waals surface area contributed by atoms with Crippen LogP contribution in [0.15, 0.2) is 59.5 Å². The maximum absolute atomic E-state index is 12.1. The summed E-state index contributed by atoms with van der Waals surface area (Å²) in [6.07, 6.45) is 4.19. The van der Waals surface area contributed by atoms with Crippen LogP contribution in [0.2, 0.25) is 5.02 Å². The molecule has 0 atom stereocenters. The lowest BCUT2D eigenvalue weighted by Gasteiger charge is -2.05. The number of non-ortho nitro benzene ring substituents is 1. The molecule has 0 saturated carbocycles. The Morgan fingerprint density at radius 2 is 1.88 bits per heavy atom. The second kappa shape index (κ2) is 8.05. The molecular formula is C16H15ClN2O4S. The molecule has 0 aromatic heterocycles. The number of nitro groups is 1. The summed E-state index contributed by atoms with van der Waals surface area (Å²) in [6.45, 7) is 0.219. The zero-order chi connectivity index (χ0) is 17.6. The molecule has 0 aliphatic carbocycles. The van der Waals surface area contributed by atoms with E-state index >= 15 is 0 Å². The Bertz CT molecular complexity index is 849. The van der Waals surface area contributed by atoms with Crippen LogP contribution in [0.4, 0.5) is 5.69 Å². The van der Waals surface area contributed by atoms with Gasteiger partial charge in [-0.05, 0) is 36.2 Å². The molecule has 0 fully saturated rings. The number of rotatable bonds is 7. The van der Waals surface area contributed by atoms with E-state index in [4.69, 9.17) is 11.6 Å². The fraction of sp³-hybridized carbons (Fsp3) is 0.125. The topological polar surface area (TPSA) is 89.3 Å². The average molecular weight is 367 g/mol. The Labute approximate surface area is 145 Å². The highest BCUT2D eigenvalue weighted by Crippen LogP contribution is 2.15. The van der Waals surface area contributed by atoms with Crippen LogP contribution in [0.1, 0.15) is 12.0 Å². The predicted octanol–water partition coefficient (Wildman–Crippen LogP) is 3.63. The van der Waals surface area contributed by atoms with Gasteiger partial charge in [0, 0.05) is 23.7 Å². The van der Waals surface area contributed by atoms with Gasteiger partial charge in [0.1, 0.15) is 0 Å². The third kappa shape index (κ3) is 5.16. The van der Waals surface area contributed by atoms with Crippen molar-refractivity contribution in [2.24, 2.45) is 0 Å². The van der Waals surface area contributed by atoms with E-state index in [9.17, 15) is 18.5 Å². The number of nitrogens with one attached hydrogen (secondary N) is 1. The standard InChI is InChI=1S/C16H15ClN2O4S/c17-14-6-3-5-13(12-14)4-1-2-11-18-24(22,23)16-9-7-15(8-10-16)19(20)21/h1,3-10,12,18H,2,11H2/b4-1+. The molecule has 0 spiro atoms. The smallest absolute Gasteiger partial charge is 0.258 e. The van der Waals surface area contributed by atoms with Crippen molar-refractivity contribution in [1.82, 2.24) is 4.72 Å². The van der Waals surface area contributed by atoms with E-state index in [1.54, 1.807) is 12.1 Å². The van der Waals surface area contributed by atoms with Gasteiger partial charge in [-0.1, -0.05) is 35.9 Å². The van der Waals surface area contributed by atoms with Gasteiger partial charge in [-0.25, -0.2) is 13.1 Å². The fourth-order valence-electron chi connectivity index (χ4n) is 1.94. The highest BCUT2D eigenvalue weighted by Gasteiger charge is 2.14. The Morgan fingerprint density at radius 1 is 1.17 bits per heavy atom. The Kier molecular flexibility index (Phi) is 6.08. The first-order valence-corrected chi connectivity index (χ1v) is 8.91. The third-order valence-corrected chi connectivity index (χ3v) is 4.83. The van der Waals surface area contributed by atoms with Crippen molar-refractivity contribution >= 4 is 33.4 Å². The second-order valence-corrected chi connectivity index (χ2v) is 7.10. The molecule has 1 N–H and O–H groups in total. The van der Waals surface area contributed by atoms with Crippen molar-refractivity contribution in [2.75, 3.05) is 6.54 Å². The first-order valence-electron chi connectivity index (χ1n) is 7.05. The van der Waals surface area contributed by atoms with Crippen LogP contribution in [0, 0.1) is 10.1 Å². The van der Waals surface area contributed by atoms with Gasteiger partial charge in [0.05, 0.1) is 9.82 Å². The van der Waals surface area contributed by atoms with Crippen molar-refractivity contribution < 1.29 is 13.3 Å². The lowest BCUT2D eigenvalue weighted by molar-refractivity contribution is -0.384. The molecule has 0 saturated heterocycles. The number of sulfonamides is 1. The first-order chi connectivity index (χ1) is 11.4. The maximum Gasteiger partial charge on any atom is 0.269 e. The summed E-state index contributed by atoms with van der Waals surface area (Å²) in [5.74, 6) is 0. The van der Waals surface area contributed by atoms with Gasteiger partial charge in [0.2, 0.25) is 10.0 Å². The van der Waals surface area contributed by atoms with Gasteiger partial charge in [0.25, 0.3) is 5.69 Å². The minimum atomic E-state index is -3.68. The number of hydrogen-bond acceptors (Lipinski definition) is 4. The zero-order valence-electron chi connectivity index (χ0n) is 12.6. The molecule has 2 rings (SSSR count). The summed E-state index contributed by atoms with van der Waals surface area (Å²) in [6, 6.07) is 12.0. The summed E-state index contributed by atoms with van der Waals surface area (Å²) in [5, 5.41) is 11.2. The van der Waals surface area contributed by atoms with Crippen LogP contribution >= 0.6 is 11.6 Å². The van der Waals surface area contributed by atoms with Crippen LogP contribution in [-0.2, 0) is 10.0 Å². The third-order valence-electron chi connectivity index (χ3n) is 3.12. The van der Waals surface area contributed by atoms with Crippen molar-refractivity contribution in [3.05, 3.63) is 75.3 Å². The van der Waals surface area contributed by atoms with E-state index in [0.717, 1.165) is 17.7 Å². The number of hydrogen-bond donors (Lipinski definition) is 1. The van der Waals surface area contributed by atoms with Crippen LogP contribution < -0.4 is 4.72 Å². The van der Waals surface area contributed by atoms with Crippen molar-refractivity contribution in [1.29, 1.82) is 0 Å². The number of halogens is 1. The van der Waals surface area contributed by atoms with E-state index in [-0.39, 0.29) is 17.1 Å². The molecule has 0 aliphatic heterocycles.